The summed E-state index contributed by atoms with van der Waals surface area (Å²) in [5.74, 6) is -0.500. The van der Waals surface area contributed by atoms with Crippen LogP contribution in [0, 0.1) is 0 Å². The zero-order chi connectivity index (χ0) is 14.4. The fourth-order valence-electron chi connectivity index (χ4n) is 2.28. The average Bonchev–Trinajstić information content (AvgIpc) is 2.46. The van der Waals surface area contributed by atoms with E-state index in [1.165, 1.54) is 0 Å². The quantitative estimate of drug-likeness (QED) is 0.520. The van der Waals surface area contributed by atoms with Gasteiger partial charge in [-0.3, -0.25) is 9.69 Å². The molecular weight excluding hydrogens is 256 g/mol. The summed E-state index contributed by atoms with van der Waals surface area (Å²) in [5.41, 5.74) is 12.7. The van der Waals surface area contributed by atoms with Crippen LogP contribution in [0.15, 0.2) is 18.2 Å². The van der Waals surface area contributed by atoms with E-state index in [0.29, 0.717) is 11.3 Å². The number of benzene rings is 1. The van der Waals surface area contributed by atoms with E-state index >= 15 is 0 Å². The second kappa shape index (κ2) is 7.12. The molecule has 5 N–H and O–H groups in total. The monoisotopic (exact) mass is 278 g/mol. The van der Waals surface area contributed by atoms with Crippen molar-refractivity contribution in [2.75, 3.05) is 50.4 Å². The summed E-state index contributed by atoms with van der Waals surface area (Å²) >= 11 is 0. The fraction of sp³-hybridized carbons (Fsp3) is 0.500. The van der Waals surface area contributed by atoms with Gasteiger partial charge in [-0.15, -0.1) is 0 Å². The molecule has 1 aliphatic heterocycles. The van der Waals surface area contributed by atoms with Gasteiger partial charge in [-0.2, -0.15) is 0 Å². The Morgan fingerprint density at radius 1 is 1.35 bits per heavy atom. The lowest BCUT2D eigenvalue weighted by Crippen LogP contribution is -2.37. The van der Waals surface area contributed by atoms with E-state index in [-0.39, 0.29) is 0 Å². The Kier molecular flexibility index (Phi) is 5.20. The minimum atomic E-state index is -0.500. The zero-order valence-electron chi connectivity index (χ0n) is 11.6. The summed E-state index contributed by atoms with van der Waals surface area (Å²) in [6, 6.07) is 5.27. The number of nitrogens with one attached hydrogen (secondary N) is 1. The van der Waals surface area contributed by atoms with Crippen LogP contribution in [0.25, 0.3) is 0 Å². The minimum Gasteiger partial charge on any atom is -0.396 e. The molecule has 20 heavy (non-hydrogen) atoms. The van der Waals surface area contributed by atoms with Crippen LogP contribution in [0.2, 0.25) is 0 Å². The van der Waals surface area contributed by atoms with Gasteiger partial charge >= 0.3 is 0 Å². The number of carbonyl (C=O) groups is 1. The van der Waals surface area contributed by atoms with Crippen molar-refractivity contribution in [2.45, 2.75) is 6.42 Å². The summed E-state index contributed by atoms with van der Waals surface area (Å²) in [7, 11) is 0. The van der Waals surface area contributed by atoms with E-state index < -0.39 is 5.91 Å². The number of carbonyl (C=O) groups excluding carboxylic acids is 1. The zero-order valence-corrected chi connectivity index (χ0v) is 11.6. The van der Waals surface area contributed by atoms with Gasteiger partial charge in [-0.1, -0.05) is 6.07 Å². The number of rotatable bonds is 6. The SMILES string of the molecule is NC(=O)c1cccc(NCCCN2CCOCC2)c1N. The lowest BCUT2D eigenvalue weighted by atomic mass is 10.1. The lowest BCUT2D eigenvalue weighted by Gasteiger charge is -2.26. The number of hydrogen-bond donors (Lipinski definition) is 3. The highest BCUT2D eigenvalue weighted by Crippen LogP contribution is 2.22. The Morgan fingerprint density at radius 2 is 2.10 bits per heavy atom. The van der Waals surface area contributed by atoms with E-state index in [9.17, 15) is 4.79 Å². The molecule has 0 unspecified atom stereocenters. The molecule has 0 spiro atoms. The first kappa shape index (κ1) is 14.6. The molecular formula is C14H22N4O2. The smallest absolute Gasteiger partial charge is 0.250 e. The third-order valence-electron chi connectivity index (χ3n) is 3.44. The number of ether oxygens (including phenoxy) is 1. The van der Waals surface area contributed by atoms with Gasteiger partial charge in [0.1, 0.15) is 0 Å². The Bertz CT molecular complexity index is 458. The maximum absolute atomic E-state index is 11.2. The van der Waals surface area contributed by atoms with Crippen molar-refractivity contribution in [3.05, 3.63) is 23.8 Å². The molecule has 1 aromatic rings. The van der Waals surface area contributed by atoms with Gasteiger partial charge in [0, 0.05) is 19.6 Å². The normalized spacial score (nSPS) is 16.0. The van der Waals surface area contributed by atoms with Crippen molar-refractivity contribution in [3.63, 3.8) is 0 Å². The molecule has 1 heterocycles. The molecule has 6 nitrogen and oxygen atoms in total. The second-order valence-corrected chi connectivity index (χ2v) is 4.87. The maximum Gasteiger partial charge on any atom is 0.250 e. The molecule has 0 atom stereocenters. The number of nitrogens with two attached hydrogens (primary N) is 2. The number of nitrogen functional groups attached to an aromatic ring is 1. The highest BCUT2D eigenvalue weighted by molar-refractivity contribution is 6.00. The predicted octanol–water partition coefficient (Wildman–Crippen LogP) is 0.502. The van der Waals surface area contributed by atoms with Crippen molar-refractivity contribution in [1.29, 1.82) is 0 Å². The molecule has 2 rings (SSSR count). The first-order chi connectivity index (χ1) is 9.68. The molecule has 1 aliphatic rings. The van der Waals surface area contributed by atoms with Gasteiger partial charge in [0.05, 0.1) is 30.2 Å². The molecule has 1 saturated heterocycles. The molecule has 0 bridgehead atoms. The third-order valence-corrected chi connectivity index (χ3v) is 3.44. The summed E-state index contributed by atoms with van der Waals surface area (Å²) in [6.07, 6.45) is 1.01. The third kappa shape index (κ3) is 3.85. The number of primary amides is 1. The van der Waals surface area contributed by atoms with Crippen LogP contribution < -0.4 is 16.8 Å². The Hall–Kier alpha value is -1.79. The van der Waals surface area contributed by atoms with Gasteiger partial charge in [-0.05, 0) is 25.1 Å². The van der Waals surface area contributed by atoms with Crippen LogP contribution in [0.5, 0.6) is 0 Å². The first-order valence-corrected chi connectivity index (χ1v) is 6.91. The highest BCUT2D eigenvalue weighted by Gasteiger charge is 2.10. The topological polar surface area (TPSA) is 93.6 Å². The van der Waals surface area contributed by atoms with Crippen LogP contribution >= 0.6 is 0 Å². The lowest BCUT2D eigenvalue weighted by molar-refractivity contribution is 0.0378. The Balaban J connectivity index is 1.79. The van der Waals surface area contributed by atoms with Crippen molar-refractivity contribution in [2.24, 2.45) is 5.73 Å². The van der Waals surface area contributed by atoms with Gasteiger partial charge < -0.3 is 21.5 Å². The number of anilines is 2. The number of morpholine rings is 1. The van der Waals surface area contributed by atoms with E-state index in [1.807, 2.05) is 6.07 Å². The number of nitrogens with zero attached hydrogens (tertiary/aromatic N) is 1. The second-order valence-electron chi connectivity index (χ2n) is 4.87. The number of hydrogen-bond acceptors (Lipinski definition) is 5. The van der Waals surface area contributed by atoms with Gasteiger partial charge in [0.2, 0.25) is 0 Å². The molecule has 1 fully saturated rings. The maximum atomic E-state index is 11.2. The summed E-state index contributed by atoms with van der Waals surface area (Å²) in [4.78, 5) is 13.6. The van der Waals surface area contributed by atoms with Gasteiger partial charge in [0.15, 0.2) is 0 Å². The van der Waals surface area contributed by atoms with Crippen molar-refractivity contribution in [1.82, 2.24) is 4.90 Å². The van der Waals surface area contributed by atoms with E-state index in [4.69, 9.17) is 16.2 Å². The molecule has 0 saturated carbocycles. The molecule has 1 aromatic carbocycles. The fourth-order valence-corrected chi connectivity index (χ4v) is 2.28. The number of amides is 1. The summed E-state index contributed by atoms with van der Waals surface area (Å²) in [6.45, 7) is 5.48. The molecule has 0 aliphatic carbocycles. The molecule has 6 heteroatoms. The van der Waals surface area contributed by atoms with Gasteiger partial charge in [0.25, 0.3) is 5.91 Å². The minimum absolute atomic E-state index is 0.364. The Morgan fingerprint density at radius 3 is 2.80 bits per heavy atom. The van der Waals surface area contributed by atoms with Crippen LogP contribution in [-0.2, 0) is 4.74 Å². The van der Waals surface area contributed by atoms with E-state index in [1.54, 1.807) is 12.1 Å². The van der Waals surface area contributed by atoms with Crippen LogP contribution in [0.1, 0.15) is 16.8 Å². The average molecular weight is 278 g/mol. The standard InChI is InChI=1S/C14H22N4O2/c15-13-11(14(16)19)3-1-4-12(13)17-5-2-6-18-7-9-20-10-8-18/h1,3-4,17H,2,5-10,15H2,(H2,16,19). The van der Waals surface area contributed by atoms with E-state index in [0.717, 1.165) is 51.5 Å². The summed E-state index contributed by atoms with van der Waals surface area (Å²) in [5, 5.41) is 3.26. The van der Waals surface area contributed by atoms with Crippen molar-refractivity contribution >= 4 is 17.3 Å². The summed E-state index contributed by atoms with van der Waals surface area (Å²) < 4.78 is 5.31. The van der Waals surface area contributed by atoms with E-state index in [2.05, 4.69) is 10.2 Å². The van der Waals surface area contributed by atoms with Crippen LogP contribution in [-0.4, -0.2) is 50.2 Å². The largest absolute Gasteiger partial charge is 0.396 e. The first-order valence-electron chi connectivity index (χ1n) is 6.91. The molecule has 0 aromatic heterocycles. The highest BCUT2D eigenvalue weighted by atomic mass is 16.5. The molecule has 110 valence electrons. The molecule has 0 radical (unpaired) electrons. The van der Waals surface area contributed by atoms with Crippen molar-refractivity contribution < 1.29 is 9.53 Å². The predicted molar refractivity (Wildman–Crippen MR) is 79.7 cm³/mol. The number of para-hydroxylation sites is 1. The Labute approximate surface area is 119 Å². The van der Waals surface area contributed by atoms with Crippen LogP contribution in [0.4, 0.5) is 11.4 Å². The molecule has 1 amide bonds. The van der Waals surface area contributed by atoms with Crippen LogP contribution in [0.3, 0.4) is 0 Å². The van der Waals surface area contributed by atoms with Crippen molar-refractivity contribution in [3.8, 4) is 0 Å². The van der Waals surface area contributed by atoms with Gasteiger partial charge in [-0.25, -0.2) is 0 Å².